The molecule has 1 aliphatic rings. The third kappa shape index (κ3) is 3.89. The Labute approximate surface area is 171 Å². The second-order valence-corrected chi connectivity index (χ2v) is 8.18. The van der Waals surface area contributed by atoms with Crippen molar-refractivity contribution in [2.75, 3.05) is 12.4 Å². The molecule has 0 bridgehead atoms. The van der Waals surface area contributed by atoms with Crippen LogP contribution in [-0.4, -0.2) is 21.4 Å². The first-order valence-corrected chi connectivity index (χ1v) is 10.5. The number of anilines is 1. The van der Waals surface area contributed by atoms with Crippen LogP contribution in [0.2, 0.25) is 0 Å². The number of carbonyl (C=O) groups excluding carboxylic acids is 1. The fourth-order valence-corrected chi connectivity index (χ4v) is 3.88. The van der Waals surface area contributed by atoms with Crippen LogP contribution in [-0.2, 0) is 20.9 Å². The molecular weight excluding hydrogens is 386 g/mol. The van der Waals surface area contributed by atoms with Crippen molar-refractivity contribution in [3.8, 4) is 16.9 Å². The lowest BCUT2D eigenvalue weighted by molar-refractivity contribution is -0.118. The average Bonchev–Trinajstić information content (AvgIpc) is 3.56. The highest BCUT2D eigenvalue weighted by molar-refractivity contribution is 7.72. The number of ether oxygens (including phenoxy) is 1. The van der Waals surface area contributed by atoms with Crippen molar-refractivity contribution in [1.29, 1.82) is 0 Å². The summed E-state index contributed by atoms with van der Waals surface area (Å²) in [6.07, 6.45) is 1.64. The summed E-state index contributed by atoms with van der Waals surface area (Å²) in [7, 11) is -0.971. The number of rotatable bonds is 6. The van der Waals surface area contributed by atoms with E-state index in [9.17, 15) is 13.2 Å². The number of hydrogen-bond acceptors (Lipinski definition) is 4. The highest BCUT2D eigenvalue weighted by Gasteiger charge is 2.51. The van der Waals surface area contributed by atoms with E-state index in [-0.39, 0.29) is 10.8 Å². The molecule has 0 spiro atoms. The molecule has 5 nitrogen and oxygen atoms in total. The van der Waals surface area contributed by atoms with Crippen LogP contribution >= 0.6 is 0 Å². The molecular formula is C23H21NO4S. The molecule has 1 N–H and O–H groups in total. The molecule has 1 amide bonds. The molecule has 0 aromatic heterocycles. The second-order valence-electron chi connectivity index (χ2n) is 7.15. The lowest BCUT2D eigenvalue weighted by Crippen LogP contribution is -2.27. The van der Waals surface area contributed by atoms with Gasteiger partial charge in [0.05, 0.1) is 17.4 Å². The summed E-state index contributed by atoms with van der Waals surface area (Å²) in [6, 6.07) is 21.9. The Morgan fingerprint density at radius 1 is 0.931 bits per heavy atom. The number of amides is 1. The molecule has 4 rings (SSSR count). The molecule has 0 atom stereocenters. The lowest BCUT2D eigenvalue weighted by atomic mass is 9.94. The summed E-state index contributed by atoms with van der Waals surface area (Å²) in [5.41, 5.74) is 3.02. The molecule has 29 heavy (non-hydrogen) atoms. The Hall–Kier alpha value is -3.12. The minimum absolute atomic E-state index is 0.0153. The van der Waals surface area contributed by atoms with Gasteiger partial charge >= 0.3 is 0 Å². The number of thiol groups is 1. The predicted octanol–water partition coefficient (Wildman–Crippen LogP) is 4.00. The van der Waals surface area contributed by atoms with E-state index in [1.165, 1.54) is 0 Å². The standard InChI is InChI=1S/C23H21NO4S/c1-28-20-9-7-18(8-10-20)23(13-14-23)22(25)24-19-4-2-3-17(15-19)16-5-11-21(12-6-16)29(26)27/h2-12,15,29H,13-14H2,1H3,(H,24,25). The molecule has 0 heterocycles. The Balaban J connectivity index is 1.53. The number of hydrogen-bond donors (Lipinski definition) is 2. The van der Waals surface area contributed by atoms with Crippen molar-refractivity contribution < 1.29 is 17.9 Å². The Morgan fingerprint density at radius 2 is 1.62 bits per heavy atom. The highest BCUT2D eigenvalue weighted by Crippen LogP contribution is 2.49. The molecule has 1 aliphatic carbocycles. The number of carbonyl (C=O) groups is 1. The highest BCUT2D eigenvalue weighted by atomic mass is 32.2. The van der Waals surface area contributed by atoms with Gasteiger partial charge in [0.2, 0.25) is 5.91 Å². The van der Waals surface area contributed by atoms with E-state index in [1.54, 1.807) is 31.4 Å². The van der Waals surface area contributed by atoms with E-state index in [2.05, 4.69) is 5.32 Å². The smallest absolute Gasteiger partial charge is 0.235 e. The average molecular weight is 407 g/mol. The Kier molecular flexibility index (Phi) is 5.11. The summed E-state index contributed by atoms with van der Waals surface area (Å²) in [6.45, 7) is 0. The van der Waals surface area contributed by atoms with E-state index in [0.29, 0.717) is 5.69 Å². The van der Waals surface area contributed by atoms with Gasteiger partial charge in [-0.1, -0.05) is 36.4 Å². The van der Waals surface area contributed by atoms with Gasteiger partial charge < -0.3 is 10.1 Å². The van der Waals surface area contributed by atoms with E-state index >= 15 is 0 Å². The van der Waals surface area contributed by atoms with Crippen molar-refractivity contribution >= 4 is 22.3 Å². The van der Waals surface area contributed by atoms with E-state index in [1.807, 2.05) is 48.5 Å². The first-order chi connectivity index (χ1) is 14.0. The van der Waals surface area contributed by atoms with Crippen LogP contribution in [0.5, 0.6) is 5.75 Å². The van der Waals surface area contributed by atoms with Crippen molar-refractivity contribution in [1.82, 2.24) is 0 Å². The van der Waals surface area contributed by atoms with Gasteiger partial charge in [-0.15, -0.1) is 0 Å². The number of nitrogens with one attached hydrogen (secondary N) is 1. The molecule has 148 valence electrons. The van der Waals surface area contributed by atoms with Gasteiger partial charge in [-0.3, -0.25) is 4.79 Å². The van der Waals surface area contributed by atoms with Gasteiger partial charge in [-0.25, -0.2) is 8.42 Å². The van der Waals surface area contributed by atoms with Gasteiger partial charge in [-0.2, -0.15) is 0 Å². The molecule has 0 radical (unpaired) electrons. The molecule has 0 saturated heterocycles. The van der Waals surface area contributed by atoms with Crippen LogP contribution in [0.4, 0.5) is 5.69 Å². The fourth-order valence-electron chi connectivity index (χ4n) is 3.48. The van der Waals surface area contributed by atoms with Crippen molar-refractivity contribution in [2.45, 2.75) is 23.2 Å². The molecule has 0 unspecified atom stereocenters. The summed E-state index contributed by atoms with van der Waals surface area (Å²) >= 11 is 0. The van der Waals surface area contributed by atoms with Gasteiger partial charge in [0.1, 0.15) is 5.75 Å². The largest absolute Gasteiger partial charge is 0.497 e. The second kappa shape index (κ2) is 7.72. The molecule has 3 aromatic rings. The van der Waals surface area contributed by atoms with Gasteiger partial charge in [0, 0.05) is 5.69 Å². The van der Waals surface area contributed by atoms with Crippen molar-refractivity contribution in [3.63, 3.8) is 0 Å². The quantitative estimate of drug-likeness (QED) is 0.606. The van der Waals surface area contributed by atoms with E-state index in [0.717, 1.165) is 35.3 Å². The zero-order chi connectivity index (χ0) is 20.4. The SMILES string of the molecule is COc1ccc(C2(C(=O)Nc3cccc(-c4ccc([SH](=O)=O)cc4)c3)CC2)cc1. The minimum Gasteiger partial charge on any atom is -0.497 e. The molecule has 3 aromatic carbocycles. The topological polar surface area (TPSA) is 72.5 Å². The van der Waals surface area contributed by atoms with Gasteiger partial charge in [0.25, 0.3) is 0 Å². The maximum atomic E-state index is 13.0. The van der Waals surface area contributed by atoms with Gasteiger partial charge in [0.15, 0.2) is 10.7 Å². The normalized spacial score (nSPS) is 14.4. The van der Waals surface area contributed by atoms with E-state index < -0.39 is 16.1 Å². The van der Waals surface area contributed by atoms with Crippen LogP contribution in [0.1, 0.15) is 18.4 Å². The van der Waals surface area contributed by atoms with Crippen molar-refractivity contribution in [2.24, 2.45) is 0 Å². The van der Waals surface area contributed by atoms with Crippen LogP contribution in [0, 0.1) is 0 Å². The Morgan fingerprint density at radius 3 is 2.21 bits per heavy atom. The summed E-state index contributed by atoms with van der Waals surface area (Å²) in [5, 5.41) is 3.04. The summed E-state index contributed by atoms with van der Waals surface area (Å²) < 4.78 is 27.3. The lowest BCUT2D eigenvalue weighted by Gasteiger charge is -2.17. The number of methoxy groups -OCH3 is 1. The van der Waals surface area contributed by atoms with Crippen LogP contribution in [0.25, 0.3) is 11.1 Å². The van der Waals surface area contributed by atoms with Crippen LogP contribution in [0.15, 0.2) is 77.7 Å². The minimum atomic E-state index is -2.59. The third-order valence-corrected chi connectivity index (χ3v) is 6.08. The van der Waals surface area contributed by atoms with Crippen LogP contribution in [0.3, 0.4) is 0 Å². The van der Waals surface area contributed by atoms with Gasteiger partial charge in [-0.05, 0) is 65.9 Å². The molecule has 6 heteroatoms. The monoisotopic (exact) mass is 407 g/mol. The van der Waals surface area contributed by atoms with Crippen molar-refractivity contribution in [3.05, 3.63) is 78.4 Å². The first kappa shape index (κ1) is 19.2. The maximum absolute atomic E-state index is 13.0. The fraction of sp³-hybridized carbons (Fsp3) is 0.174. The summed E-state index contributed by atoms with van der Waals surface area (Å²) in [4.78, 5) is 13.3. The summed E-state index contributed by atoms with van der Waals surface area (Å²) in [5.74, 6) is 0.753. The van der Waals surface area contributed by atoms with Crippen LogP contribution < -0.4 is 10.1 Å². The molecule has 1 saturated carbocycles. The first-order valence-electron chi connectivity index (χ1n) is 9.33. The zero-order valence-corrected chi connectivity index (χ0v) is 16.8. The zero-order valence-electron chi connectivity index (χ0n) is 15.9. The molecule has 1 fully saturated rings. The van der Waals surface area contributed by atoms with E-state index in [4.69, 9.17) is 4.74 Å². The maximum Gasteiger partial charge on any atom is 0.235 e. The molecule has 0 aliphatic heterocycles. The number of benzene rings is 3. The Bertz CT molecular complexity index is 1110. The third-order valence-electron chi connectivity index (χ3n) is 5.36. The predicted molar refractivity (Wildman–Crippen MR) is 113 cm³/mol.